The van der Waals surface area contributed by atoms with E-state index in [-0.39, 0.29) is 5.56 Å². The number of imidazole rings is 1. The summed E-state index contributed by atoms with van der Waals surface area (Å²) in [5, 5.41) is 8.99. The van der Waals surface area contributed by atoms with Crippen LogP contribution in [-0.2, 0) is 13.0 Å². The molecule has 5 nitrogen and oxygen atoms in total. The fourth-order valence-electron chi connectivity index (χ4n) is 2.83. The van der Waals surface area contributed by atoms with Crippen molar-refractivity contribution in [2.45, 2.75) is 33.2 Å². The fraction of sp³-hybridized carbons (Fsp3) is 0.278. The molecule has 0 saturated carbocycles. The van der Waals surface area contributed by atoms with E-state index < -0.39 is 0 Å². The summed E-state index contributed by atoms with van der Waals surface area (Å²) in [5.74, 6) is 0.833. The molecule has 0 bridgehead atoms. The van der Waals surface area contributed by atoms with Crippen molar-refractivity contribution >= 4 is 5.52 Å². The lowest BCUT2D eigenvalue weighted by Crippen LogP contribution is -2.22. The lowest BCUT2D eigenvalue weighted by atomic mass is 10.1. The van der Waals surface area contributed by atoms with Gasteiger partial charge in [-0.1, -0.05) is 25.5 Å². The molecule has 3 aromatic rings. The van der Waals surface area contributed by atoms with Crippen molar-refractivity contribution in [3.63, 3.8) is 0 Å². The van der Waals surface area contributed by atoms with Crippen LogP contribution in [0.25, 0.3) is 5.52 Å². The van der Waals surface area contributed by atoms with Gasteiger partial charge in [0.25, 0.3) is 5.56 Å². The van der Waals surface area contributed by atoms with Gasteiger partial charge in [0.05, 0.1) is 23.9 Å². The molecule has 0 aliphatic carbocycles. The van der Waals surface area contributed by atoms with Crippen LogP contribution in [0.1, 0.15) is 36.0 Å². The number of rotatable bonds is 4. The Morgan fingerprint density at radius 3 is 2.87 bits per heavy atom. The van der Waals surface area contributed by atoms with E-state index in [1.165, 1.54) is 0 Å². The smallest absolute Gasteiger partial charge is 0.277 e. The lowest BCUT2D eigenvalue weighted by Gasteiger charge is -2.08. The summed E-state index contributed by atoms with van der Waals surface area (Å²) in [7, 11) is 0. The summed E-state index contributed by atoms with van der Waals surface area (Å²) in [6.07, 6.45) is 5.40. The van der Waals surface area contributed by atoms with Gasteiger partial charge in [-0.15, -0.1) is 0 Å². The monoisotopic (exact) mass is 306 g/mol. The molecule has 0 unspecified atom stereocenters. The quantitative estimate of drug-likeness (QED) is 0.744. The maximum absolute atomic E-state index is 12.8. The van der Waals surface area contributed by atoms with Crippen LogP contribution in [0.2, 0.25) is 0 Å². The molecule has 0 aliphatic rings. The van der Waals surface area contributed by atoms with Gasteiger partial charge in [0.2, 0.25) is 0 Å². The maximum atomic E-state index is 12.8. The average molecular weight is 306 g/mol. The third-order valence-corrected chi connectivity index (χ3v) is 3.91. The molecule has 0 N–H and O–H groups in total. The molecule has 0 radical (unpaired) electrons. The highest BCUT2D eigenvalue weighted by Crippen LogP contribution is 2.12. The number of nitrogens with zero attached hydrogens (tertiary/aromatic N) is 4. The van der Waals surface area contributed by atoms with Crippen LogP contribution in [0.15, 0.2) is 41.5 Å². The Balaban J connectivity index is 2.08. The Hall–Kier alpha value is -2.87. The van der Waals surface area contributed by atoms with Gasteiger partial charge >= 0.3 is 0 Å². The first-order chi connectivity index (χ1) is 11.1. The fourth-order valence-corrected chi connectivity index (χ4v) is 2.83. The Morgan fingerprint density at radius 2 is 2.13 bits per heavy atom. The topological polar surface area (TPSA) is 63.1 Å². The minimum Gasteiger partial charge on any atom is -0.308 e. The summed E-state index contributed by atoms with van der Waals surface area (Å²) >= 11 is 0. The number of hydrogen-bond donors (Lipinski definition) is 0. The van der Waals surface area contributed by atoms with Crippen LogP contribution >= 0.6 is 0 Å². The predicted octanol–water partition coefficient (Wildman–Crippen LogP) is 2.68. The first kappa shape index (κ1) is 15.0. The average Bonchev–Trinajstić information content (AvgIpc) is 2.87. The zero-order valence-electron chi connectivity index (χ0n) is 13.3. The molecule has 2 heterocycles. The molecule has 116 valence electrons. The van der Waals surface area contributed by atoms with E-state index in [1.54, 1.807) is 16.8 Å². The highest BCUT2D eigenvalue weighted by Gasteiger charge is 2.13. The van der Waals surface area contributed by atoms with Crippen LogP contribution in [0, 0.1) is 18.3 Å². The summed E-state index contributed by atoms with van der Waals surface area (Å²) in [6, 6.07) is 9.45. The third-order valence-electron chi connectivity index (χ3n) is 3.91. The first-order valence-corrected chi connectivity index (χ1v) is 7.70. The minimum absolute atomic E-state index is 0.0427. The van der Waals surface area contributed by atoms with E-state index >= 15 is 0 Å². The molecular weight excluding hydrogens is 288 g/mol. The standard InChI is InChI=1S/C18H18N4O/c1-3-5-16-17-18(23)21(8-9-22(17)13(2)20-16)12-15-7-4-6-14(10-15)11-19/h4,6-10H,3,5,12H2,1-2H3. The van der Waals surface area contributed by atoms with E-state index in [1.807, 2.05) is 35.7 Å². The number of hydrogen-bond acceptors (Lipinski definition) is 3. The molecule has 0 saturated heterocycles. The number of aromatic nitrogens is 3. The van der Waals surface area contributed by atoms with Gasteiger partial charge in [-0.05, 0) is 31.0 Å². The molecule has 0 aliphatic heterocycles. The second-order valence-corrected chi connectivity index (χ2v) is 5.62. The van der Waals surface area contributed by atoms with Crippen molar-refractivity contribution in [3.8, 4) is 6.07 Å². The molecule has 0 amide bonds. The lowest BCUT2D eigenvalue weighted by molar-refractivity contribution is 0.749. The molecule has 1 aromatic carbocycles. The van der Waals surface area contributed by atoms with Crippen molar-refractivity contribution < 1.29 is 0 Å². The molecule has 0 atom stereocenters. The SMILES string of the molecule is CCCc1nc(C)n2ccn(Cc3cccc(C#N)c3)c(=O)c12. The summed E-state index contributed by atoms with van der Waals surface area (Å²) in [6.45, 7) is 4.43. The molecule has 2 aromatic heterocycles. The van der Waals surface area contributed by atoms with E-state index in [9.17, 15) is 4.79 Å². The van der Waals surface area contributed by atoms with E-state index in [4.69, 9.17) is 5.26 Å². The van der Waals surface area contributed by atoms with Gasteiger partial charge in [-0.3, -0.25) is 9.20 Å². The van der Waals surface area contributed by atoms with E-state index in [2.05, 4.69) is 18.0 Å². The van der Waals surface area contributed by atoms with Gasteiger partial charge in [-0.25, -0.2) is 4.98 Å². The molecule has 0 fully saturated rings. The number of benzene rings is 1. The molecule has 5 heteroatoms. The molecular formula is C18H18N4O. The van der Waals surface area contributed by atoms with Gasteiger partial charge in [0.15, 0.2) is 0 Å². The largest absolute Gasteiger partial charge is 0.308 e. The van der Waals surface area contributed by atoms with Crippen LogP contribution in [0.5, 0.6) is 0 Å². The zero-order chi connectivity index (χ0) is 16.4. The second-order valence-electron chi connectivity index (χ2n) is 5.62. The van der Waals surface area contributed by atoms with Crippen LogP contribution < -0.4 is 5.56 Å². The highest BCUT2D eigenvalue weighted by molar-refractivity contribution is 5.51. The zero-order valence-corrected chi connectivity index (χ0v) is 13.3. The summed E-state index contributed by atoms with van der Waals surface area (Å²) in [5.41, 5.74) is 3.00. The number of fused-ring (bicyclic) bond motifs is 1. The minimum atomic E-state index is -0.0427. The second kappa shape index (κ2) is 6.09. The normalized spacial score (nSPS) is 10.8. The van der Waals surface area contributed by atoms with Crippen LogP contribution in [-0.4, -0.2) is 14.0 Å². The number of aryl methyl sites for hydroxylation is 2. The Bertz CT molecular complexity index is 959. The molecule has 3 rings (SSSR count). The number of nitriles is 1. The summed E-state index contributed by atoms with van der Waals surface area (Å²) in [4.78, 5) is 17.4. The van der Waals surface area contributed by atoms with Crippen molar-refractivity contribution in [2.75, 3.05) is 0 Å². The first-order valence-electron chi connectivity index (χ1n) is 7.70. The molecule has 23 heavy (non-hydrogen) atoms. The summed E-state index contributed by atoms with van der Waals surface area (Å²) < 4.78 is 3.53. The third kappa shape index (κ3) is 2.76. The Kier molecular flexibility index (Phi) is 3.98. The van der Waals surface area contributed by atoms with Gasteiger partial charge in [0, 0.05) is 12.4 Å². The van der Waals surface area contributed by atoms with Crippen molar-refractivity contribution in [1.29, 1.82) is 5.26 Å². The van der Waals surface area contributed by atoms with E-state index in [0.29, 0.717) is 17.6 Å². The van der Waals surface area contributed by atoms with Crippen LogP contribution in [0.3, 0.4) is 0 Å². The van der Waals surface area contributed by atoms with Gasteiger partial charge < -0.3 is 4.57 Å². The van der Waals surface area contributed by atoms with Crippen LogP contribution in [0.4, 0.5) is 0 Å². The van der Waals surface area contributed by atoms with Gasteiger partial charge in [-0.2, -0.15) is 5.26 Å². The van der Waals surface area contributed by atoms with Crippen molar-refractivity contribution in [1.82, 2.24) is 14.0 Å². The Morgan fingerprint density at radius 1 is 1.30 bits per heavy atom. The van der Waals surface area contributed by atoms with Gasteiger partial charge in [0.1, 0.15) is 11.3 Å². The highest BCUT2D eigenvalue weighted by atomic mass is 16.1. The van der Waals surface area contributed by atoms with Crippen molar-refractivity contribution in [3.05, 3.63) is 69.7 Å². The van der Waals surface area contributed by atoms with E-state index in [0.717, 1.165) is 29.9 Å². The Labute approximate surface area is 134 Å². The predicted molar refractivity (Wildman–Crippen MR) is 88.4 cm³/mol. The van der Waals surface area contributed by atoms with Crippen molar-refractivity contribution in [2.24, 2.45) is 0 Å². The maximum Gasteiger partial charge on any atom is 0.277 e. The molecule has 0 spiro atoms.